The van der Waals surface area contributed by atoms with Crippen molar-refractivity contribution in [1.82, 2.24) is 0 Å². The second-order valence-corrected chi connectivity index (χ2v) is 20.3. The third-order valence-corrected chi connectivity index (χ3v) is 16.5. The maximum Gasteiger partial charge on any atom is 0.0725 e. The van der Waals surface area contributed by atoms with Gasteiger partial charge >= 0.3 is 0 Å². The number of benzene rings is 12. The minimum atomic E-state index is -0.387. The van der Waals surface area contributed by atoms with Gasteiger partial charge in [-0.2, -0.15) is 0 Å². The molecule has 0 amide bonds. The monoisotopic (exact) mass is 901 g/mol. The zero-order valence-electron chi connectivity index (χ0n) is 39.6. The number of anilines is 3. The number of hydrogen-bond acceptors (Lipinski definition) is 1. The van der Waals surface area contributed by atoms with E-state index in [2.05, 4.69) is 267 Å². The molecule has 15 rings (SSSR count). The highest BCUT2D eigenvalue weighted by atomic mass is 15.1. The zero-order valence-corrected chi connectivity index (χ0v) is 39.6. The largest absolute Gasteiger partial charge is 0.310 e. The van der Waals surface area contributed by atoms with Gasteiger partial charge in [-0.15, -0.1) is 0 Å². The molecule has 0 atom stereocenters. The first-order chi connectivity index (χ1) is 35.0. The summed E-state index contributed by atoms with van der Waals surface area (Å²) in [6.45, 7) is 4.79. The minimum absolute atomic E-state index is 0.134. The fourth-order valence-electron chi connectivity index (χ4n) is 13.2. The first-order valence-electron chi connectivity index (χ1n) is 25.0. The Balaban J connectivity index is 0.863. The van der Waals surface area contributed by atoms with Crippen LogP contribution in [0.2, 0.25) is 0 Å². The van der Waals surface area contributed by atoms with Crippen molar-refractivity contribution in [3.63, 3.8) is 0 Å². The van der Waals surface area contributed by atoms with Gasteiger partial charge in [0.15, 0.2) is 0 Å². The summed E-state index contributed by atoms with van der Waals surface area (Å²) in [4.78, 5) is 2.43. The molecule has 0 fully saturated rings. The van der Waals surface area contributed by atoms with Crippen LogP contribution in [0.1, 0.15) is 47.2 Å². The van der Waals surface area contributed by atoms with Crippen molar-refractivity contribution in [1.29, 1.82) is 0 Å². The van der Waals surface area contributed by atoms with Crippen LogP contribution in [0.5, 0.6) is 0 Å². The van der Waals surface area contributed by atoms with Gasteiger partial charge < -0.3 is 4.90 Å². The van der Waals surface area contributed by atoms with E-state index in [1.165, 1.54) is 121 Å². The maximum absolute atomic E-state index is 2.50. The van der Waals surface area contributed by atoms with Crippen LogP contribution < -0.4 is 4.90 Å². The van der Waals surface area contributed by atoms with E-state index in [9.17, 15) is 0 Å². The summed E-state index contributed by atoms with van der Waals surface area (Å²) in [5, 5.41) is 7.89. The van der Waals surface area contributed by atoms with Gasteiger partial charge in [-0.25, -0.2) is 0 Å². The van der Waals surface area contributed by atoms with Crippen LogP contribution in [0.4, 0.5) is 17.1 Å². The van der Waals surface area contributed by atoms with Crippen molar-refractivity contribution < 1.29 is 0 Å². The van der Waals surface area contributed by atoms with Gasteiger partial charge in [-0.1, -0.05) is 208 Å². The molecule has 3 aliphatic carbocycles. The van der Waals surface area contributed by atoms with Crippen molar-refractivity contribution in [3.05, 3.63) is 282 Å². The Kier molecular flexibility index (Phi) is 8.40. The predicted octanol–water partition coefficient (Wildman–Crippen LogP) is 18.6. The van der Waals surface area contributed by atoms with Crippen molar-refractivity contribution in [3.8, 4) is 55.6 Å². The topological polar surface area (TPSA) is 3.24 Å². The lowest BCUT2D eigenvalue weighted by molar-refractivity contribution is 0.661. The quantitative estimate of drug-likeness (QED) is 0.156. The van der Waals surface area contributed by atoms with Gasteiger partial charge in [0.05, 0.1) is 5.41 Å². The molecule has 0 heterocycles. The molecule has 71 heavy (non-hydrogen) atoms. The lowest BCUT2D eigenvalue weighted by Crippen LogP contribution is -2.25. The Labute approximate surface area is 414 Å². The van der Waals surface area contributed by atoms with Crippen LogP contribution in [0, 0.1) is 0 Å². The second-order valence-electron chi connectivity index (χ2n) is 20.3. The Bertz CT molecular complexity index is 4130. The molecule has 12 aromatic carbocycles. The maximum atomic E-state index is 2.50. The first-order valence-corrected chi connectivity index (χ1v) is 25.0. The van der Waals surface area contributed by atoms with Gasteiger partial charge in [0.25, 0.3) is 0 Å². The first kappa shape index (κ1) is 40.1. The summed E-state index contributed by atoms with van der Waals surface area (Å²) >= 11 is 0. The minimum Gasteiger partial charge on any atom is -0.310 e. The van der Waals surface area contributed by atoms with E-state index in [0.29, 0.717) is 0 Å². The third kappa shape index (κ3) is 5.58. The average molecular weight is 902 g/mol. The molecule has 1 nitrogen and oxygen atoms in total. The number of fused-ring (bicyclic) bond motifs is 19. The molecule has 0 radical (unpaired) electrons. The van der Waals surface area contributed by atoms with E-state index >= 15 is 0 Å². The summed E-state index contributed by atoms with van der Waals surface area (Å²) in [5.74, 6) is 0. The summed E-state index contributed by atoms with van der Waals surface area (Å²) < 4.78 is 0. The molecule has 0 unspecified atom stereocenters. The van der Waals surface area contributed by atoms with E-state index in [1.807, 2.05) is 0 Å². The standard InChI is InChI=1S/C70H47N/c1-69(2)63-38-32-47(40-60(63)62-42-58-53-20-8-6-18-51(53)52-19-7-9-21-54(52)59(58)43-68(62)69)46-30-35-49(36-31-46)71(48-33-28-45(29-34-48)44-16-4-3-5-17-44)50-37-39-67-61(41-50)57-24-12-15-27-66(57)70(67)64-25-13-10-22-55(64)56-23-11-14-26-65(56)70/h3-43H,1-2H3. The van der Waals surface area contributed by atoms with Gasteiger partial charge in [0.1, 0.15) is 0 Å². The molecule has 0 bridgehead atoms. The van der Waals surface area contributed by atoms with Crippen LogP contribution in [0.25, 0.3) is 88.0 Å². The van der Waals surface area contributed by atoms with Crippen molar-refractivity contribution >= 4 is 49.4 Å². The zero-order chi connectivity index (χ0) is 47.0. The Morgan fingerprint density at radius 3 is 1.20 bits per heavy atom. The summed E-state index contributed by atoms with van der Waals surface area (Å²) in [6, 6.07) is 93.3. The molecule has 1 heteroatoms. The van der Waals surface area contributed by atoms with E-state index < -0.39 is 0 Å². The molecule has 3 aliphatic rings. The second kappa shape index (κ2) is 14.9. The predicted molar refractivity (Wildman–Crippen MR) is 298 cm³/mol. The lowest BCUT2D eigenvalue weighted by Gasteiger charge is -2.31. The number of rotatable bonds is 5. The van der Waals surface area contributed by atoms with E-state index in [-0.39, 0.29) is 10.8 Å². The van der Waals surface area contributed by atoms with E-state index in [0.717, 1.165) is 17.1 Å². The number of nitrogens with zero attached hydrogens (tertiary/aromatic N) is 1. The highest BCUT2D eigenvalue weighted by Crippen LogP contribution is 2.63. The molecular weight excluding hydrogens is 855 g/mol. The summed E-state index contributed by atoms with van der Waals surface area (Å²) in [5.41, 5.74) is 23.7. The molecule has 0 N–H and O–H groups in total. The molecule has 0 aromatic heterocycles. The SMILES string of the molecule is CC1(C)c2ccc(-c3ccc(N(c4ccc(-c5ccccc5)cc4)c4ccc5c(c4)-c4ccccc4C54c5ccccc5-c5ccccc54)cc3)cc2-c2cc3c4ccccc4c4ccccc4c3cc21. The highest BCUT2D eigenvalue weighted by Gasteiger charge is 2.51. The Hall–Kier alpha value is -8.78. The van der Waals surface area contributed by atoms with Crippen LogP contribution in [-0.2, 0) is 10.8 Å². The van der Waals surface area contributed by atoms with E-state index in [4.69, 9.17) is 0 Å². The van der Waals surface area contributed by atoms with Crippen LogP contribution in [0.15, 0.2) is 249 Å². The summed E-state index contributed by atoms with van der Waals surface area (Å²) in [7, 11) is 0. The molecule has 0 saturated carbocycles. The van der Waals surface area contributed by atoms with Gasteiger partial charge in [0, 0.05) is 22.5 Å². The van der Waals surface area contributed by atoms with Crippen molar-refractivity contribution in [2.75, 3.05) is 4.90 Å². The number of hydrogen-bond donors (Lipinski definition) is 0. The van der Waals surface area contributed by atoms with Crippen LogP contribution in [0.3, 0.4) is 0 Å². The van der Waals surface area contributed by atoms with Crippen molar-refractivity contribution in [2.24, 2.45) is 0 Å². The fraction of sp³-hybridized carbons (Fsp3) is 0.0571. The molecule has 332 valence electrons. The van der Waals surface area contributed by atoms with E-state index in [1.54, 1.807) is 0 Å². The molecule has 0 saturated heterocycles. The molecule has 12 aromatic rings. The fourth-order valence-corrected chi connectivity index (χ4v) is 13.2. The van der Waals surface area contributed by atoms with Gasteiger partial charge in [-0.05, 0) is 176 Å². The third-order valence-electron chi connectivity index (χ3n) is 16.5. The van der Waals surface area contributed by atoms with Gasteiger partial charge in [-0.3, -0.25) is 0 Å². The molecular formula is C70H47N. The smallest absolute Gasteiger partial charge is 0.0725 e. The van der Waals surface area contributed by atoms with Gasteiger partial charge in [0.2, 0.25) is 0 Å². The van der Waals surface area contributed by atoms with Crippen molar-refractivity contribution in [2.45, 2.75) is 24.7 Å². The molecule has 0 aliphatic heterocycles. The highest BCUT2D eigenvalue weighted by molar-refractivity contribution is 6.26. The van der Waals surface area contributed by atoms with Crippen LogP contribution in [-0.4, -0.2) is 0 Å². The Morgan fingerprint density at radius 2 is 0.620 bits per heavy atom. The Morgan fingerprint density at radius 1 is 0.239 bits per heavy atom. The summed E-state index contributed by atoms with van der Waals surface area (Å²) in [6.07, 6.45) is 0. The van der Waals surface area contributed by atoms with Crippen LogP contribution >= 0.6 is 0 Å². The lowest BCUT2D eigenvalue weighted by atomic mass is 9.70. The molecule has 1 spiro atoms. The normalized spacial score (nSPS) is 14.0. The average Bonchev–Trinajstić information content (AvgIpc) is 3.99.